The first-order valence-electron chi connectivity index (χ1n) is 5.08. The van der Waals surface area contributed by atoms with E-state index in [1.54, 1.807) is 6.07 Å². The van der Waals surface area contributed by atoms with Gasteiger partial charge in [-0.05, 0) is 37.5 Å². The van der Waals surface area contributed by atoms with E-state index in [0.29, 0.717) is 17.3 Å². The van der Waals surface area contributed by atoms with Crippen LogP contribution in [-0.4, -0.2) is 12.1 Å². The van der Waals surface area contributed by atoms with E-state index in [2.05, 4.69) is 5.32 Å². The first kappa shape index (κ1) is 10.7. The van der Waals surface area contributed by atoms with Crippen LogP contribution in [0.2, 0.25) is 5.02 Å². The van der Waals surface area contributed by atoms with Gasteiger partial charge in [0.05, 0.1) is 0 Å². The molecule has 0 amide bonds. The van der Waals surface area contributed by atoms with Gasteiger partial charge >= 0.3 is 0 Å². The maximum atomic E-state index is 13.1. The average molecular weight is 229 g/mol. The van der Waals surface area contributed by atoms with E-state index in [0.717, 1.165) is 12.8 Å². The molecule has 0 radical (unpaired) electrons. The van der Waals surface area contributed by atoms with Crippen LogP contribution < -0.4 is 11.1 Å². The van der Waals surface area contributed by atoms with Gasteiger partial charge in [-0.2, -0.15) is 0 Å². The Labute approximate surface area is 93.6 Å². The minimum atomic E-state index is -0.323. The van der Waals surface area contributed by atoms with Crippen LogP contribution in [0.1, 0.15) is 19.3 Å². The molecule has 0 atom stereocenters. The van der Waals surface area contributed by atoms with Crippen LogP contribution >= 0.6 is 11.6 Å². The van der Waals surface area contributed by atoms with Crippen LogP contribution in [0, 0.1) is 5.82 Å². The summed E-state index contributed by atoms with van der Waals surface area (Å²) in [4.78, 5) is 0. The van der Waals surface area contributed by atoms with Crippen LogP contribution in [0.4, 0.5) is 10.1 Å². The van der Waals surface area contributed by atoms with Crippen molar-refractivity contribution >= 4 is 17.3 Å². The molecule has 0 heterocycles. The summed E-state index contributed by atoms with van der Waals surface area (Å²) in [5.41, 5.74) is 6.37. The zero-order valence-corrected chi connectivity index (χ0v) is 9.15. The number of rotatable bonds is 3. The fourth-order valence-corrected chi connectivity index (χ4v) is 2.14. The zero-order chi connectivity index (χ0) is 10.9. The molecule has 1 aliphatic rings. The third kappa shape index (κ3) is 2.24. The standard InChI is InChI=1S/C11H14ClFN2/c12-8-4-9(13)6-10(5-8)15-11(7-14)2-1-3-11/h4-6,15H,1-3,7,14H2. The Hall–Kier alpha value is -0.800. The number of anilines is 1. The van der Waals surface area contributed by atoms with Gasteiger partial charge in [-0.1, -0.05) is 11.6 Å². The van der Waals surface area contributed by atoms with Crippen LogP contribution in [0.15, 0.2) is 18.2 Å². The Morgan fingerprint density at radius 2 is 2.13 bits per heavy atom. The summed E-state index contributed by atoms with van der Waals surface area (Å²) in [6.07, 6.45) is 3.25. The molecule has 3 N–H and O–H groups in total. The molecular formula is C11H14ClFN2. The van der Waals surface area contributed by atoms with Crippen molar-refractivity contribution in [2.75, 3.05) is 11.9 Å². The van der Waals surface area contributed by atoms with Crippen molar-refractivity contribution in [2.24, 2.45) is 5.73 Å². The van der Waals surface area contributed by atoms with Crippen LogP contribution in [0.3, 0.4) is 0 Å². The molecule has 0 saturated heterocycles. The topological polar surface area (TPSA) is 38.0 Å². The molecule has 15 heavy (non-hydrogen) atoms. The molecule has 0 spiro atoms. The smallest absolute Gasteiger partial charge is 0.126 e. The molecule has 1 aliphatic carbocycles. The van der Waals surface area contributed by atoms with Crippen LogP contribution in [0.5, 0.6) is 0 Å². The first-order chi connectivity index (χ1) is 7.13. The monoisotopic (exact) mass is 228 g/mol. The number of halogens is 2. The molecule has 2 rings (SSSR count). The highest BCUT2D eigenvalue weighted by Crippen LogP contribution is 2.35. The predicted molar refractivity (Wildman–Crippen MR) is 60.7 cm³/mol. The second kappa shape index (κ2) is 3.99. The van der Waals surface area contributed by atoms with Gasteiger partial charge in [-0.25, -0.2) is 4.39 Å². The van der Waals surface area contributed by atoms with Gasteiger partial charge in [0, 0.05) is 22.8 Å². The molecule has 1 aromatic rings. The van der Waals surface area contributed by atoms with Crippen molar-refractivity contribution in [2.45, 2.75) is 24.8 Å². The summed E-state index contributed by atoms with van der Waals surface area (Å²) in [6.45, 7) is 0.571. The van der Waals surface area contributed by atoms with Crippen molar-refractivity contribution in [3.8, 4) is 0 Å². The van der Waals surface area contributed by atoms with Gasteiger partial charge in [0.2, 0.25) is 0 Å². The predicted octanol–water partition coefficient (Wildman–Crippen LogP) is 2.77. The number of hydrogen-bond donors (Lipinski definition) is 2. The SMILES string of the molecule is NCC1(Nc2cc(F)cc(Cl)c2)CCC1. The summed E-state index contributed by atoms with van der Waals surface area (Å²) in [5.74, 6) is -0.323. The Morgan fingerprint density at radius 3 is 2.60 bits per heavy atom. The molecule has 82 valence electrons. The average Bonchev–Trinajstić information content (AvgIpc) is 2.10. The Kier molecular flexibility index (Phi) is 2.85. The van der Waals surface area contributed by atoms with Gasteiger partial charge < -0.3 is 11.1 Å². The Bertz CT molecular complexity index is 338. The molecule has 1 saturated carbocycles. The summed E-state index contributed by atoms with van der Waals surface area (Å²) >= 11 is 5.77. The lowest BCUT2D eigenvalue weighted by atomic mass is 9.76. The minimum absolute atomic E-state index is 0.0445. The van der Waals surface area contributed by atoms with Crippen molar-refractivity contribution in [3.63, 3.8) is 0 Å². The third-order valence-corrected chi connectivity index (χ3v) is 3.19. The highest BCUT2D eigenvalue weighted by Gasteiger charge is 2.35. The number of nitrogens with one attached hydrogen (secondary N) is 1. The molecule has 0 aliphatic heterocycles. The van der Waals surface area contributed by atoms with E-state index in [-0.39, 0.29) is 11.4 Å². The Balaban J connectivity index is 2.16. The van der Waals surface area contributed by atoms with Gasteiger partial charge in [0.1, 0.15) is 5.82 Å². The molecule has 0 unspecified atom stereocenters. The van der Waals surface area contributed by atoms with Crippen molar-refractivity contribution in [1.29, 1.82) is 0 Å². The van der Waals surface area contributed by atoms with Gasteiger partial charge in [0.15, 0.2) is 0 Å². The normalized spacial score (nSPS) is 18.3. The highest BCUT2D eigenvalue weighted by atomic mass is 35.5. The van der Waals surface area contributed by atoms with E-state index >= 15 is 0 Å². The molecule has 0 bridgehead atoms. The van der Waals surface area contributed by atoms with E-state index in [1.165, 1.54) is 18.6 Å². The van der Waals surface area contributed by atoms with Crippen LogP contribution in [0.25, 0.3) is 0 Å². The molecule has 4 heteroatoms. The maximum Gasteiger partial charge on any atom is 0.126 e. The highest BCUT2D eigenvalue weighted by molar-refractivity contribution is 6.30. The number of hydrogen-bond acceptors (Lipinski definition) is 2. The molecule has 0 aromatic heterocycles. The second-order valence-corrected chi connectivity index (χ2v) is 4.56. The quantitative estimate of drug-likeness (QED) is 0.835. The Morgan fingerprint density at radius 1 is 1.40 bits per heavy atom. The van der Waals surface area contributed by atoms with E-state index in [4.69, 9.17) is 17.3 Å². The largest absolute Gasteiger partial charge is 0.378 e. The molecular weight excluding hydrogens is 215 g/mol. The zero-order valence-electron chi connectivity index (χ0n) is 8.39. The van der Waals surface area contributed by atoms with Crippen molar-refractivity contribution in [3.05, 3.63) is 29.0 Å². The minimum Gasteiger partial charge on any atom is -0.378 e. The third-order valence-electron chi connectivity index (χ3n) is 2.97. The molecule has 2 nitrogen and oxygen atoms in total. The van der Waals surface area contributed by atoms with E-state index < -0.39 is 0 Å². The molecule has 1 fully saturated rings. The lowest BCUT2D eigenvalue weighted by Gasteiger charge is -2.42. The van der Waals surface area contributed by atoms with Crippen molar-refractivity contribution in [1.82, 2.24) is 0 Å². The summed E-state index contributed by atoms with van der Waals surface area (Å²) < 4.78 is 13.1. The van der Waals surface area contributed by atoms with Crippen molar-refractivity contribution < 1.29 is 4.39 Å². The summed E-state index contributed by atoms with van der Waals surface area (Å²) in [6, 6.07) is 4.46. The summed E-state index contributed by atoms with van der Waals surface area (Å²) in [5, 5.41) is 3.68. The van der Waals surface area contributed by atoms with Crippen LogP contribution in [-0.2, 0) is 0 Å². The first-order valence-corrected chi connectivity index (χ1v) is 5.46. The lowest BCUT2D eigenvalue weighted by Crippen LogP contribution is -2.51. The molecule has 1 aromatic carbocycles. The van der Waals surface area contributed by atoms with E-state index in [9.17, 15) is 4.39 Å². The number of benzene rings is 1. The van der Waals surface area contributed by atoms with E-state index in [1.807, 2.05) is 0 Å². The second-order valence-electron chi connectivity index (χ2n) is 4.12. The summed E-state index contributed by atoms with van der Waals surface area (Å²) in [7, 11) is 0. The number of nitrogens with two attached hydrogens (primary N) is 1. The fourth-order valence-electron chi connectivity index (χ4n) is 1.92. The van der Waals surface area contributed by atoms with Gasteiger partial charge in [-0.15, -0.1) is 0 Å². The maximum absolute atomic E-state index is 13.1. The van der Waals surface area contributed by atoms with Gasteiger partial charge in [-0.3, -0.25) is 0 Å². The fraction of sp³-hybridized carbons (Fsp3) is 0.455. The lowest BCUT2D eigenvalue weighted by molar-refractivity contribution is 0.287. The van der Waals surface area contributed by atoms with Gasteiger partial charge in [0.25, 0.3) is 0 Å².